The molecule has 1 fully saturated rings. The van der Waals surface area contributed by atoms with Crippen LogP contribution in [0.3, 0.4) is 0 Å². The van der Waals surface area contributed by atoms with E-state index in [9.17, 15) is 0 Å². The summed E-state index contributed by atoms with van der Waals surface area (Å²) in [5.74, 6) is 0.413. The molecule has 15 heavy (non-hydrogen) atoms. The van der Waals surface area contributed by atoms with Gasteiger partial charge in [0.1, 0.15) is 5.82 Å². The van der Waals surface area contributed by atoms with E-state index < -0.39 is 0 Å². The normalized spacial score (nSPS) is 16.7. The fourth-order valence-electron chi connectivity index (χ4n) is 1.76. The van der Waals surface area contributed by atoms with Crippen LogP contribution >= 0.6 is 0 Å². The molecule has 1 saturated heterocycles. The van der Waals surface area contributed by atoms with Crippen LogP contribution in [0.25, 0.3) is 0 Å². The highest BCUT2D eigenvalue weighted by Crippen LogP contribution is 2.28. The average molecular weight is 208 g/mol. The number of hydrogen-bond acceptors (Lipinski definition) is 5. The third-order valence-corrected chi connectivity index (χ3v) is 2.55. The molecule has 0 radical (unpaired) electrons. The maximum Gasteiger partial charge on any atom is 0.149 e. The van der Waals surface area contributed by atoms with Gasteiger partial charge in [-0.15, -0.1) is 0 Å². The number of ether oxygens (including phenoxy) is 1. The van der Waals surface area contributed by atoms with Crippen molar-refractivity contribution in [2.45, 2.75) is 6.92 Å². The molecule has 5 nitrogen and oxygen atoms in total. The zero-order chi connectivity index (χ0) is 10.8. The number of nitrogens with zero attached hydrogens (tertiary/aromatic N) is 2. The molecule has 1 aliphatic rings. The summed E-state index contributed by atoms with van der Waals surface area (Å²) in [5, 5.41) is 0. The first-order valence-electron chi connectivity index (χ1n) is 5.04. The number of rotatable bonds is 1. The van der Waals surface area contributed by atoms with E-state index in [0.717, 1.165) is 37.7 Å². The van der Waals surface area contributed by atoms with Crippen molar-refractivity contribution in [1.29, 1.82) is 0 Å². The van der Waals surface area contributed by atoms with E-state index >= 15 is 0 Å². The van der Waals surface area contributed by atoms with Crippen LogP contribution < -0.4 is 16.4 Å². The SMILES string of the molecule is Cc1cc(N2CCOCC2)c(N)c(N)n1. The molecule has 0 spiro atoms. The van der Waals surface area contributed by atoms with Gasteiger partial charge in [-0.25, -0.2) is 4.98 Å². The van der Waals surface area contributed by atoms with Crippen LogP contribution in [-0.2, 0) is 4.74 Å². The summed E-state index contributed by atoms with van der Waals surface area (Å²) >= 11 is 0. The van der Waals surface area contributed by atoms with Crippen molar-refractivity contribution in [1.82, 2.24) is 4.98 Å². The molecule has 82 valence electrons. The molecule has 1 aromatic heterocycles. The van der Waals surface area contributed by atoms with E-state index in [-0.39, 0.29) is 0 Å². The Kier molecular flexibility index (Phi) is 2.64. The molecule has 0 unspecified atom stereocenters. The molecule has 0 amide bonds. The van der Waals surface area contributed by atoms with Crippen LogP contribution in [0.15, 0.2) is 6.07 Å². The molecule has 0 aliphatic carbocycles. The number of pyridine rings is 1. The summed E-state index contributed by atoms with van der Waals surface area (Å²) in [5.41, 5.74) is 14.1. The topological polar surface area (TPSA) is 77.4 Å². The lowest BCUT2D eigenvalue weighted by atomic mass is 10.2. The van der Waals surface area contributed by atoms with E-state index in [2.05, 4.69) is 9.88 Å². The van der Waals surface area contributed by atoms with Gasteiger partial charge in [-0.2, -0.15) is 0 Å². The number of aryl methyl sites for hydroxylation is 1. The Balaban J connectivity index is 2.33. The molecular formula is C10H16N4O. The standard InChI is InChI=1S/C10H16N4O/c1-7-6-8(9(11)10(12)13-7)14-2-4-15-5-3-14/h6H,2-5,11H2,1H3,(H2,12,13). The fourth-order valence-corrected chi connectivity index (χ4v) is 1.76. The summed E-state index contributed by atoms with van der Waals surface area (Å²) in [6.07, 6.45) is 0. The predicted octanol–water partition coefficient (Wildman–Crippen LogP) is 0.391. The van der Waals surface area contributed by atoms with Gasteiger partial charge in [-0.05, 0) is 13.0 Å². The molecule has 4 N–H and O–H groups in total. The number of morpholine rings is 1. The van der Waals surface area contributed by atoms with Crippen molar-refractivity contribution in [2.24, 2.45) is 0 Å². The Labute approximate surface area is 89.0 Å². The predicted molar refractivity (Wildman–Crippen MR) is 60.8 cm³/mol. The first kappa shape index (κ1) is 10.0. The van der Waals surface area contributed by atoms with Crippen LogP contribution in [0.5, 0.6) is 0 Å². The van der Waals surface area contributed by atoms with Crippen molar-refractivity contribution in [3.63, 3.8) is 0 Å². The number of anilines is 3. The van der Waals surface area contributed by atoms with E-state index in [1.165, 1.54) is 0 Å². The second-order valence-electron chi connectivity index (χ2n) is 3.68. The monoisotopic (exact) mass is 208 g/mol. The summed E-state index contributed by atoms with van der Waals surface area (Å²) in [4.78, 5) is 6.31. The van der Waals surface area contributed by atoms with Gasteiger partial charge in [-0.3, -0.25) is 0 Å². The van der Waals surface area contributed by atoms with Crippen LogP contribution in [-0.4, -0.2) is 31.3 Å². The van der Waals surface area contributed by atoms with Crippen LogP contribution in [0.4, 0.5) is 17.2 Å². The van der Waals surface area contributed by atoms with Crippen molar-refractivity contribution in [3.05, 3.63) is 11.8 Å². The summed E-state index contributed by atoms with van der Waals surface area (Å²) in [7, 11) is 0. The lowest BCUT2D eigenvalue weighted by molar-refractivity contribution is 0.123. The van der Waals surface area contributed by atoms with Crippen LogP contribution in [0.2, 0.25) is 0 Å². The zero-order valence-corrected chi connectivity index (χ0v) is 8.86. The van der Waals surface area contributed by atoms with Crippen molar-refractivity contribution in [3.8, 4) is 0 Å². The van der Waals surface area contributed by atoms with Crippen LogP contribution in [0, 0.1) is 6.92 Å². The van der Waals surface area contributed by atoms with E-state index in [4.69, 9.17) is 16.2 Å². The Bertz CT molecular complexity index is 361. The highest BCUT2D eigenvalue weighted by molar-refractivity contribution is 5.77. The van der Waals surface area contributed by atoms with Gasteiger partial charge in [0.15, 0.2) is 0 Å². The maximum atomic E-state index is 5.91. The Morgan fingerprint density at radius 3 is 2.67 bits per heavy atom. The molecule has 0 atom stereocenters. The van der Waals surface area contributed by atoms with Gasteiger partial charge < -0.3 is 21.1 Å². The summed E-state index contributed by atoms with van der Waals surface area (Å²) < 4.78 is 5.29. The number of hydrogen-bond donors (Lipinski definition) is 2. The maximum absolute atomic E-state index is 5.91. The second kappa shape index (κ2) is 3.94. The van der Waals surface area contributed by atoms with Gasteiger partial charge in [0, 0.05) is 18.8 Å². The van der Waals surface area contributed by atoms with E-state index in [0.29, 0.717) is 11.5 Å². The van der Waals surface area contributed by atoms with Gasteiger partial charge >= 0.3 is 0 Å². The molecule has 0 aromatic carbocycles. The minimum Gasteiger partial charge on any atom is -0.394 e. The molecule has 2 heterocycles. The lowest BCUT2D eigenvalue weighted by Crippen LogP contribution is -2.36. The largest absolute Gasteiger partial charge is 0.394 e. The highest BCUT2D eigenvalue weighted by atomic mass is 16.5. The van der Waals surface area contributed by atoms with Gasteiger partial charge in [0.05, 0.1) is 24.6 Å². The van der Waals surface area contributed by atoms with Crippen molar-refractivity contribution >= 4 is 17.2 Å². The molecule has 0 saturated carbocycles. The third kappa shape index (κ3) is 1.97. The minimum absolute atomic E-state index is 0.413. The highest BCUT2D eigenvalue weighted by Gasteiger charge is 2.15. The van der Waals surface area contributed by atoms with E-state index in [1.54, 1.807) is 0 Å². The van der Waals surface area contributed by atoms with Crippen LogP contribution in [0.1, 0.15) is 5.69 Å². The zero-order valence-electron chi connectivity index (χ0n) is 8.86. The Morgan fingerprint density at radius 1 is 1.33 bits per heavy atom. The first-order chi connectivity index (χ1) is 7.18. The molecule has 0 bridgehead atoms. The average Bonchev–Trinajstić information content (AvgIpc) is 2.24. The fraction of sp³-hybridized carbons (Fsp3) is 0.500. The minimum atomic E-state index is 0.413. The van der Waals surface area contributed by atoms with Crippen molar-refractivity contribution < 1.29 is 4.74 Å². The lowest BCUT2D eigenvalue weighted by Gasteiger charge is -2.30. The van der Waals surface area contributed by atoms with Gasteiger partial charge in [0.2, 0.25) is 0 Å². The smallest absolute Gasteiger partial charge is 0.149 e. The molecule has 1 aliphatic heterocycles. The Morgan fingerprint density at radius 2 is 2.00 bits per heavy atom. The Hall–Kier alpha value is -1.49. The number of nitrogen functional groups attached to an aromatic ring is 2. The van der Waals surface area contributed by atoms with Gasteiger partial charge in [-0.1, -0.05) is 0 Å². The van der Waals surface area contributed by atoms with Crippen molar-refractivity contribution in [2.75, 3.05) is 42.7 Å². The molecule has 5 heteroatoms. The summed E-state index contributed by atoms with van der Waals surface area (Å²) in [6.45, 7) is 5.10. The number of aromatic nitrogens is 1. The third-order valence-electron chi connectivity index (χ3n) is 2.55. The molecular weight excluding hydrogens is 192 g/mol. The summed E-state index contributed by atoms with van der Waals surface area (Å²) in [6, 6.07) is 1.97. The first-order valence-corrected chi connectivity index (χ1v) is 5.04. The quantitative estimate of drug-likeness (QED) is 0.698. The number of nitrogens with two attached hydrogens (primary N) is 2. The second-order valence-corrected chi connectivity index (χ2v) is 3.68. The van der Waals surface area contributed by atoms with E-state index in [1.807, 2.05) is 13.0 Å². The van der Waals surface area contributed by atoms with Gasteiger partial charge in [0.25, 0.3) is 0 Å². The molecule has 1 aromatic rings. The molecule has 2 rings (SSSR count).